The fourth-order valence-corrected chi connectivity index (χ4v) is 2.58. The van der Waals surface area contributed by atoms with Gasteiger partial charge < -0.3 is 0 Å². The fourth-order valence-electron chi connectivity index (χ4n) is 1.65. The molecule has 0 bridgehead atoms. The maximum atomic E-state index is 12.1. The maximum Gasteiger partial charge on any atom is 0.262 e. The van der Waals surface area contributed by atoms with Gasteiger partial charge in [-0.3, -0.25) is 9.36 Å². The van der Waals surface area contributed by atoms with Gasteiger partial charge in [0.05, 0.1) is 23.7 Å². The van der Waals surface area contributed by atoms with Crippen LogP contribution in [0.1, 0.15) is 18.7 Å². The van der Waals surface area contributed by atoms with Gasteiger partial charge >= 0.3 is 0 Å². The lowest BCUT2D eigenvalue weighted by Crippen LogP contribution is -2.22. The first-order valence-corrected chi connectivity index (χ1v) is 6.34. The van der Waals surface area contributed by atoms with E-state index in [0.717, 1.165) is 16.1 Å². The minimum absolute atomic E-state index is 0.0481. The molecule has 5 heteroatoms. The van der Waals surface area contributed by atoms with Crippen molar-refractivity contribution in [3.63, 3.8) is 0 Å². The smallest absolute Gasteiger partial charge is 0.262 e. The summed E-state index contributed by atoms with van der Waals surface area (Å²) in [4.78, 5) is 18.3. The molecule has 0 N–H and O–H groups in total. The van der Waals surface area contributed by atoms with Gasteiger partial charge in [0.1, 0.15) is 4.83 Å². The van der Waals surface area contributed by atoms with Crippen molar-refractivity contribution >= 4 is 21.6 Å². The van der Waals surface area contributed by atoms with Crippen LogP contribution in [0.3, 0.4) is 0 Å². The van der Waals surface area contributed by atoms with Gasteiger partial charge in [-0.25, -0.2) is 4.98 Å². The summed E-state index contributed by atoms with van der Waals surface area (Å²) >= 11 is 1.56. The SMILES string of the molecule is CCc1cc2c(=O)n(CC(C)C#N)cnc2s1. The minimum atomic E-state index is -0.184. The minimum Gasteiger partial charge on any atom is -0.297 e. The average Bonchev–Trinajstić information content (AvgIpc) is 2.76. The van der Waals surface area contributed by atoms with Gasteiger partial charge in [0.15, 0.2) is 0 Å². The summed E-state index contributed by atoms with van der Waals surface area (Å²) in [7, 11) is 0. The van der Waals surface area contributed by atoms with Crippen LogP contribution in [0.25, 0.3) is 10.2 Å². The van der Waals surface area contributed by atoms with E-state index < -0.39 is 0 Å². The molecule has 2 heterocycles. The maximum absolute atomic E-state index is 12.1. The van der Waals surface area contributed by atoms with Crippen LogP contribution in [0, 0.1) is 17.2 Å². The normalized spacial score (nSPS) is 12.5. The van der Waals surface area contributed by atoms with Crippen LogP contribution < -0.4 is 5.56 Å². The van der Waals surface area contributed by atoms with Crippen LogP contribution >= 0.6 is 11.3 Å². The monoisotopic (exact) mass is 247 g/mol. The molecule has 0 aliphatic carbocycles. The Kier molecular flexibility index (Phi) is 3.25. The number of rotatable bonds is 3. The molecule has 17 heavy (non-hydrogen) atoms. The number of fused-ring (bicyclic) bond motifs is 1. The molecule has 4 nitrogen and oxygen atoms in total. The Morgan fingerprint density at radius 1 is 1.65 bits per heavy atom. The largest absolute Gasteiger partial charge is 0.297 e. The van der Waals surface area contributed by atoms with E-state index in [2.05, 4.69) is 18.0 Å². The Morgan fingerprint density at radius 3 is 3.06 bits per heavy atom. The van der Waals surface area contributed by atoms with Gasteiger partial charge in [0, 0.05) is 11.4 Å². The number of thiophene rings is 1. The van der Waals surface area contributed by atoms with E-state index in [-0.39, 0.29) is 11.5 Å². The molecule has 0 saturated heterocycles. The lowest BCUT2D eigenvalue weighted by atomic mass is 10.2. The third-order valence-corrected chi connectivity index (χ3v) is 3.80. The predicted octanol–water partition coefficient (Wildman–Crippen LogP) is 2.18. The molecule has 1 atom stereocenters. The highest BCUT2D eigenvalue weighted by atomic mass is 32.1. The molecule has 0 aliphatic heterocycles. The second-order valence-corrected chi connectivity index (χ2v) is 5.13. The van der Waals surface area contributed by atoms with Crippen molar-refractivity contribution in [2.45, 2.75) is 26.8 Å². The van der Waals surface area contributed by atoms with Gasteiger partial charge in [-0.2, -0.15) is 5.26 Å². The molecule has 2 rings (SSSR count). The summed E-state index contributed by atoms with van der Waals surface area (Å²) < 4.78 is 1.52. The molecule has 0 saturated carbocycles. The number of aromatic nitrogens is 2. The predicted molar refractivity (Wildman–Crippen MR) is 68.0 cm³/mol. The molecular weight excluding hydrogens is 234 g/mol. The third-order valence-electron chi connectivity index (χ3n) is 2.61. The van der Waals surface area contributed by atoms with E-state index in [0.29, 0.717) is 11.9 Å². The van der Waals surface area contributed by atoms with Crippen molar-refractivity contribution in [1.29, 1.82) is 5.26 Å². The van der Waals surface area contributed by atoms with Gasteiger partial charge in [0.2, 0.25) is 0 Å². The summed E-state index contributed by atoms with van der Waals surface area (Å²) in [6.07, 6.45) is 2.45. The molecule has 0 fully saturated rings. The Balaban J connectivity index is 2.50. The molecule has 0 aliphatic rings. The van der Waals surface area contributed by atoms with Gasteiger partial charge in [-0.05, 0) is 19.4 Å². The number of hydrogen-bond acceptors (Lipinski definition) is 4. The highest BCUT2D eigenvalue weighted by molar-refractivity contribution is 7.18. The molecule has 2 aromatic rings. The van der Waals surface area contributed by atoms with Crippen LogP contribution in [-0.4, -0.2) is 9.55 Å². The summed E-state index contributed by atoms with van der Waals surface area (Å²) in [5.41, 5.74) is -0.0481. The highest BCUT2D eigenvalue weighted by Gasteiger charge is 2.09. The van der Waals surface area contributed by atoms with Crippen molar-refractivity contribution in [2.24, 2.45) is 5.92 Å². The summed E-state index contributed by atoms with van der Waals surface area (Å²) in [5.74, 6) is -0.184. The standard InChI is InChI=1S/C12H13N3OS/c1-3-9-4-10-11(17-9)14-7-15(12(10)16)6-8(2)5-13/h4,7-8H,3,6H2,1-2H3. The van der Waals surface area contributed by atoms with Gasteiger partial charge in [-0.1, -0.05) is 6.92 Å². The van der Waals surface area contributed by atoms with Crippen molar-refractivity contribution in [3.05, 3.63) is 27.6 Å². The summed E-state index contributed by atoms with van der Waals surface area (Å²) in [5, 5.41) is 9.42. The number of nitrogens with zero attached hydrogens (tertiary/aromatic N) is 3. The Labute approximate surface area is 103 Å². The van der Waals surface area contributed by atoms with E-state index in [9.17, 15) is 4.79 Å². The molecule has 1 unspecified atom stereocenters. The van der Waals surface area contributed by atoms with Crippen LogP contribution in [0.15, 0.2) is 17.2 Å². The fraction of sp³-hybridized carbons (Fsp3) is 0.417. The second-order valence-electron chi connectivity index (χ2n) is 4.02. The van der Waals surface area contributed by atoms with E-state index in [1.807, 2.05) is 6.07 Å². The first kappa shape index (κ1) is 11.8. The van der Waals surface area contributed by atoms with Crippen LogP contribution in [0.2, 0.25) is 0 Å². The Morgan fingerprint density at radius 2 is 2.41 bits per heavy atom. The number of hydrogen-bond donors (Lipinski definition) is 0. The Bertz CT molecular complexity index is 635. The summed E-state index contributed by atoms with van der Waals surface area (Å²) in [6.45, 7) is 4.25. The van der Waals surface area contributed by atoms with Crippen molar-refractivity contribution in [1.82, 2.24) is 9.55 Å². The molecule has 88 valence electrons. The van der Waals surface area contributed by atoms with E-state index in [1.54, 1.807) is 18.3 Å². The summed E-state index contributed by atoms with van der Waals surface area (Å²) in [6, 6.07) is 4.03. The third kappa shape index (κ3) is 2.22. The molecule has 0 radical (unpaired) electrons. The quantitative estimate of drug-likeness (QED) is 0.835. The van der Waals surface area contributed by atoms with Crippen molar-refractivity contribution < 1.29 is 0 Å². The average molecular weight is 247 g/mol. The molecule has 0 spiro atoms. The van der Waals surface area contributed by atoms with E-state index in [1.165, 1.54) is 10.9 Å². The van der Waals surface area contributed by atoms with E-state index >= 15 is 0 Å². The topological polar surface area (TPSA) is 58.7 Å². The van der Waals surface area contributed by atoms with Crippen molar-refractivity contribution in [2.75, 3.05) is 0 Å². The van der Waals surface area contributed by atoms with Crippen LogP contribution in [0.5, 0.6) is 0 Å². The lowest BCUT2D eigenvalue weighted by Gasteiger charge is -2.05. The zero-order valence-electron chi connectivity index (χ0n) is 9.80. The van der Waals surface area contributed by atoms with E-state index in [4.69, 9.17) is 5.26 Å². The zero-order chi connectivity index (χ0) is 12.4. The first-order valence-electron chi connectivity index (χ1n) is 5.53. The molecule has 0 aromatic carbocycles. The number of aryl methyl sites for hydroxylation is 1. The van der Waals surface area contributed by atoms with Gasteiger partial charge in [-0.15, -0.1) is 11.3 Å². The molecular formula is C12H13N3OS. The Hall–Kier alpha value is -1.67. The molecule has 2 aromatic heterocycles. The van der Waals surface area contributed by atoms with Crippen LogP contribution in [-0.2, 0) is 13.0 Å². The molecule has 0 amide bonds. The second kappa shape index (κ2) is 4.68. The number of nitriles is 1. The first-order chi connectivity index (χ1) is 8.15. The van der Waals surface area contributed by atoms with Crippen molar-refractivity contribution in [3.8, 4) is 6.07 Å². The highest BCUT2D eigenvalue weighted by Crippen LogP contribution is 2.21. The zero-order valence-corrected chi connectivity index (χ0v) is 10.6. The van der Waals surface area contributed by atoms with Gasteiger partial charge in [0.25, 0.3) is 5.56 Å². The van der Waals surface area contributed by atoms with Crippen LogP contribution in [0.4, 0.5) is 0 Å². The lowest BCUT2D eigenvalue weighted by molar-refractivity contribution is 0.561.